The van der Waals surface area contributed by atoms with E-state index < -0.39 is 12.7 Å². The summed E-state index contributed by atoms with van der Waals surface area (Å²) in [4.78, 5) is 0. The van der Waals surface area contributed by atoms with Gasteiger partial charge in [-0.15, -0.1) is 0 Å². The van der Waals surface area contributed by atoms with Crippen LogP contribution in [0.1, 0.15) is 125 Å². The molecule has 5 nitrogen and oxygen atoms in total. The molecular weight excluding hydrogens is 1030 g/mol. The van der Waals surface area contributed by atoms with Gasteiger partial charge in [0.15, 0.2) is 31.0 Å². The van der Waals surface area contributed by atoms with Gasteiger partial charge in [-0.2, -0.15) is 0 Å². The first-order chi connectivity index (χ1) is 41.6. The standard InChI is InChI=1S/C18H24N.2C16H20N.2C15H18N/c1-12(2)16-7-8-17(14(4)11-16)18-15(5)13(3)9-10-19(18)6;1-11-6-7-16(17(5)10-11)15-9-13(3)12(2)8-14(15)4;1-11-6-7-16(17(5)10-11)15-9-12(2)8-13(3)14(15)4;1-11-9-13(3)14(10-12(11)2)15-7-5-6-8-16(15)4;1-11-9-12(2)13(3)14(10-11)15-7-5-6-8-16(15)4/h7-12H,1-6H3;2*6-10H,1-5H3;2*5-10H,1-4H3/q5*+1/i1D3,12D;;;;. The summed E-state index contributed by atoms with van der Waals surface area (Å²) in [7, 11) is 10.4. The third-order valence-electron chi connectivity index (χ3n) is 16.8. The molecule has 10 aromatic rings. The first-order valence-electron chi connectivity index (χ1n) is 31.9. The molecular formula is C80H100N5+5. The maximum Gasteiger partial charge on any atom is 0.215 e. The second-order valence-corrected chi connectivity index (χ2v) is 24.0. The molecule has 0 aliphatic carbocycles. The first-order valence-corrected chi connectivity index (χ1v) is 29.9. The minimum atomic E-state index is -2.36. The second-order valence-electron chi connectivity index (χ2n) is 24.0. The molecule has 5 aromatic carbocycles. The fourth-order valence-corrected chi connectivity index (χ4v) is 11.2. The number of rotatable bonds is 6. The Morgan fingerprint density at radius 1 is 0.306 bits per heavy atom. The lowest BCUT2D eigenvalue weighted by atomic mass is 9.94. The Hall–Kier alpha value is -8.15. The summed E-state index contributed by atoms with van der Waals surface area (Å²) in [6, 6.07) is 47.1. The zero-order valence-corrected chi connectivity index (χ0v) is 55.8. The minimum Gasteiger partial charge on any atom is -0.201 e. The summed E-state index contributed by atoms with van der Waals surface area (Å²) in [5, 5.41) is 0. The largest absolute Gasteiger partial charge is 0.215 e. The Balaban J connectivity index is 0.000000179. The van der Waals surface area contributed by atoms with Crippen molar-refractivity contribution in [1.82, 2.24) is 0 Å². The van der Waals surface area contributed by atoms with Crippen molar-refractivity contribution in [3.8, 4) is 56.3 Å². The van der Waals surface area contributed by atoms with Gasteiger partial charge in [-0.1, -0.05) is 61.3 Å². The fraction of sp³-hybridized carbons (Fsp3) is 0.312. The Morgan fingerprint density at radius 3 is 1.14 bits per heavy atom. The van der Waals surface area contributed by atoms with Crippen molar-refractivity contribution in [2.75, 3.05) is 0 Å². The maximum absolute atomic E-state index is 8.24. The van der Waals surface area contributed by atoms with Crippen molar-refractivity contribution in [1.29, 1.82) is 0 Å². The SMILES string of the molecule is Cc1cc(C)c(-c2cccc[n+]2C)cc1C.Cc1cc(C)c(C)c(-c2ccc(C)c[n+]2C)c1.Cc1cc(C)c(C)c(-c2cccc[n+]2C)c1.Cc1ccc(-c2cc(C)c(C)cc2C)[n+](C)c1.[2H]C([2H])([2H])C([2H])(C)c1ccc(-c2c(C)c(C)cc[n+]2C)c(C)c1. The minimum absolute atomic E-state index is 0.520. The van der Waals surface area contributed by atoms with Crippen LogP contribution in [0.25, 0.3) is 56.3 Å². The van der Waals surface area contributed by atoms with E-state index in [1.165, 1.54) is 141 Å². The molecule has 0 spiro atoms. The summed E-state index contributed by atoms with van der Waals surface area (Å²) in [6.07, 6.45) is 10.6. The Labute approximate surface area is 519 Å². The highest BCUT2D eigenvalue weighted by Gasteiger charge is 2.20. The van der Waals surface area contributed by atoms with Crippen LogP contribution in [0.15, 0.2) is 164 Å². The van der Waals surface area contributed by atoms with Crippen molar-refractivity contribution < 1.29 is 28.3 Å². The van der Waals surface area contributed by atoms with Crippen molar-refractivity contribution in [2.24, 2.45) is 35.2 Å². The molecule has 0 saturated carbocycles. The van der Waals surface area contributed by atoms with E-state index in [-0.39, 0.29) is 0 Å². The van der Waals surface area contributed by atoms with Crippen molar-refractivity contribution in [3.05, 3.63) is 265 Å². The molecule has 1 atom stereocenters. The molecule has 0 radical (unpaired) electrons. The third kappa shape index (κ3) is 16.6. The number of hydrogen-bond acceptors (Lipinski definition) is 0. The highest BCUT2D eigenvalue weighted by Crippen LogP contribution is 2.30. The second kappa shape index (κ2) is 29.1. The normalized spacial score (nSPS) is 12.2. The van der Waals surface area contributed by atoms with Crippen LogP contribution in [0.2, 0.25) is 0 Å². The zero-order valence-electron chi connectivity index (χ0n) is 59.8. The average molecular weight is 1140 g/mol. The fourth-order valence-electron chi connectivity index (χ4n) is 11.2. The van der Waals surface area contributed by atoms with Crippen LogP contribution in [0, 0.1) is 118 Å². The number of benzene rings is 5. The lowest BCUT2D eigenvalue weighted by Gasteiger charge is -2.12. The zero-order chi connectivity index (χ0) is 66.1. The lowest BCUT2D eigenvalue weighted by Crippen LogP contribution is -2.32. The molecule has 10 rings (SSSR count). The van der Waals surface area contributed by atoms with E-state index >= 15 is 0 Å². The van der Waals surface area contributed by atoms with Gasteiger partial charge in [0.25, 0.3) is 0 Å². The molecule has 0 N–H and O–H groups in total. The molecule has 0 bridgehead atoms. The van der Waals surface area contributed by atoms with Gasteiger partial charge in [0, 0.05) is 92.5 Å². The van der Waals surface area contributed by atoms with Crippen molar-refractivity contribution in [3.63, 3.8) is 0 Å². The summed E-state index contributed by atoms with van der Waals surface area (Å²) >= 11 is 0. The van der Waals surface area contributed by atoms with Gasteiger partial charge < -0.3 is 0 Å². The smallest absolute Gasteiger partial charge is 0.201 e. The molecule has 0 saturated heterocycles. The molecule has 440 valence electrons. The predicted molar refractivity (Wildman–Crippen MR) is 360 cm³/mol. The molecule has 0 fully saturated rings. The van der Waals surface area contributed by atoms with E-state index in [9.17, 15) is 0 Å². The topological polar surface area (TPSA) is 19.4 Å². The highest BCUT2D eigenvalue weighted by atomic mass is 14.9. The van der Waals surface area contributed by atoms with Crippen molar-refractivity contribution >= 4 is 0 Å². The highest BCUT2D eigenvalue weighted by molar-refractivity contribution is 5.68. The number of hydrogen-bond donors (Lipinski definition) is 0. The lowest BCUT2D eigenvalue weighted by molar-refractivity contribution is -0.660. The number of aromatic nitrogens is 5. The van der Waals surface area contributed by atoms with Gasteiger partial charge in [-0.25, -0.2) is 22.8 Å². The number of nitrogens with zero attached hydrogens (tertiary/aromatic N) is 5. The van der Waals surface area contributed by atoms with Crippen LogP contribution in [0.3, 0.4) is 0 Å². The molecule has 0 amide bonds. The van der Waals surface area contributed by atoms with Crippen LogP contribution >= 0.6 is 0 Å². The van der Waals surface area contributed by atoms with Gasteiger partial charge >= 0.3 is 0 Å². The van der Waals surface area contributed by atoms with Gasteiger partial charge in [-0.05, 0) is 251 Å². The van der Waals surface area contributed by atoms with Gasteiger partial charge in [0.05, 0.1) is 0 Å². The van der Waals surface area contributed by atoms with Crippen LogP contribution in [0.5, 0.6) is 0 Å². The summed E-state index contributed by atoms with van der Waals surface area (Å²) in [5.74, 6) is -1.61. The molecule has 5 heterocycles. The average Bonchev–Trinajstić information content (AvgIpc) is 1.85. The molecule has 5 aromatic heterocycles. The van der Waals surface area contributed by atoms with E-state index in [4.69, 9.17) is 5.48 Å². The first kappa shape index (κ1) is 60.0. The van der Waals surface area contributed by atoms with Crippen LogP contribution in [-0.4, -0.2) is 0 Å². The molecule has 0 aliphatic rings. The van der Waals surface area contributed by atoms with E-state index in [1.807, 2.05) is 32.3 Å². The molecule has 0 aliphatic heterocycles. The quantitative estimate of drug-likeness (QED) is 0.148. The molecule has 85 heavy (non-hydrogen) atoms. The molecule has 1 unspecified atom stereocenters. The Kier molecular flexibility index (Phi) is 20.5. The van der Waals surface area contributed by atoms with Crippen molar-refractivity contribution in [2.45, 2.75) is 137 Å². The van der Waals surface area contributed by atoms with Crippen LogP contribution < -0.4 is 22.8 Å². The predicted octanol–water partition coefficient (Wildman–Crippen LogP) is 17.3. The van der Waals surface area contributed by atoms with Gasteiger partial charge in [-0.3, -0.25) is 0 Å². The van der Waals surface area contributed by atoms with Crippen LogP contribution in [0.4, 0.5) is 0 Å². The van der Waals surface area contributed by atoms with E-state index in [1.54, 1.807) is 6.07 Å². The third-order valence-corrected chi connectivity index (χ3v) is 16.8. The number of aryl methyl sites for hydroxylation is 19. The van der Waals surface area contributed by atoms with Gasteiger partial charge in [0.2, 0.25) is 28.5 Å². The van der Waals surface area contributed by atoms with E-state index in [0.717, 1.165) is 16.8 Å². The van der Waals surface area contributed by atoms with Crippen LogP contribution in [-0.2, 0) is 35.2 Å². The summed E-state index contributed by atoms with van der Waals surface area (Å²) in [6.45, 7) is 35.6. The van der Waals surface area contributed by atoms with E-state index in [2.05, 4.69) is 302 Å². The number of pyridine rings is 5. The molecule has 5 heteroatoms. The Morgan fingerprint density at radius 2 is 0.718 bits per heavy atom. The maximum atomic E-state index is 8.24. The summed E-state index contributed by atoms with van der Waals surface area (Å²) < 4.78 is 41.9. The monoisotopic (exact) mass is 1130 g/mol. The Bertz CT molecular complexity index is 4190. The summed E-state index contributed by atoms with van der Waals surface area (Å²) in [5.41, 5.74) is 35.3. The van der Waals surface area contributed by atoms with Gasteiger partial charge in [0.1, 0.15) is 35.2 Å². The van der Waals surface area contributed by atoms with E-state index in [0.29, 0.717) is 5.56 Å².